The van der Waals surface area contributed by atoms with Crippen molar-refractivity contribution in [2.75, 3.05) is 7.05 Å². The van der Waals surface area contributed by atoms with Crippen LogP contribution in [0.5, 0.6) is 0 Å². The molecule has 0 spiro atoms. The molecule has 0 amide bonds. The summed E-state index contributed by atoms with van der Waals surface area (Å²) in [7, 11) is 2.35. The first-order valence-corrected chi connectivity index (χ1v) is 8.17. The number of piperidine rings is 1. The maximum Gasteiger partial charge on any atom is 0.0176 e. The second-order valence-electron chi connectivity index (χ2n) is 7.09. The number of rotatable bonds is 1. The second kappa shape index (κ2) is 4.21. The highest BCUT2D eigenvalue weighted by Gasteiger charge is 2.53. The molecule has 2 aliphatic carbocycles. The highest BCUT2D eigenvalue weighted by molar-refractivity contribution is 5.45. The van der Waals surface area contributed by atoms with Crippen molar-refractivity contribution in [1.82, 2.24) is 4.90 Å². The summed E-state index contributed by atoms with van der Waals surface area (Å²) in [6.45, 7) is 4.78. The lowest BCUT2D eigenvalue weighted by Gasteiger charge is -2.59. The van der Waals surface area contributed by atoms with E-state index in [0.29, 0.717) is 11.5 Å². The van der Waals surface area contributed by atoms with Gasteiger partial charge in [-0.1, -0.05) is 43.3 Å². The van der Waals surface area contributed by atoms with Gasteiger partial charge in [-0.2, -0.15) is 0 Å². The minimum Gasteiger partial charge on any atom is -0.300 e. The van der Waals surface area contributed by atoms with Gasteiger partial charge < -0.3 is 0 Å². The highest BCUT2D eigenvalue weighted by atomic mass is 15.2. The van der Waals surface area contributed by atoms with Gasteiger partial charge in [-0.25, -0.2) is 0 Å². The average molecular weight is 267 g/mol. The molecule has 0 aromatic heterocycles. The van der Waals surface area contributed by atoms with Crippen LogP contribution in [0.3, 0.4) is 0 Å². The van der Waals surface area contributed by atoms with Crippen molar-refractivity contribution in [3.63, 3.8) is 0 Å². The summed E-state index contributed by atoms with van der Waals surface area (Å²) in [6, 6.07) is 10.6. The molecule has 4 rings (SSSR count). The monoisotopic (exact) mass is 267 g/mol. The number of benzene rings is 1. The van der Waals surface area contributed by atoms with E-state index in [4.69, 9.17) is 0 Å². The molecule has 1 nitrogen and oxygen atoms in total. The van der Waals surface area contributed by atoms with Gasteiger partial charge in [-0.3, -0.25) is 4.90 Å². The number of likely N-dealkylation sites (tertiary alicyclic amines) is 1. The molecule has 2 bridgehead atoms. The molecule has 20 heavy (non-hydrogen) atoms. The van der Waals surface area contributed by atoms with Crippen molar-refractivity contribution in [3.05, 3.63) is 47.5 Å². The molecule has 0 N–H and O–H groups in total. The lowest BCUT2D eigenvalue weighted by atomic mass is 9.53. The molecular weight excluding hydrogens is 242 g/mol. The smallest absolute Gasteiger partial charge is 0.0176 e. The van der Waals surface area contributed by atoms with Gasteiger partial charge in [0.05, 0.1) is 0 Å². The average Bonchev–Trinajstić information content (AvgIpc) is 2.51. The molecule has 5 unspecified atom stereocenters. The molecule has 1 heteroatoms. The van der Waals surface area contributed by atoms with E-state index in [-0.39, 0.29) is 0 Å². The van der Waals surface area contributed by atoms with Crippen LogP contribution in [0.4, 0.5) is 0 Å². The Balaban J connectivity index is 1.94. The number of fused-ring (bicyclic) bond motifs is 3. The molecule has 106 valence electrons. The van der Waals surface area contributed by atoms with Crippen LogP contribution in [0.25, 0.3) is 0 Å². The van der Waals surface area contributed by atoms with Crippen LogP contribution in [0.2, 0.25) is 0 Å². The Bertz CT molecular complexity index is 561. The van der Waals surface area contributed by atoms with Crippen molar-refractivity contribution in [2.24, 2.45) is 11.8 Å². The Hall–Kier alpha value is -1.08. The number of likely N-dealkylation sites (N-methyl/N-ethyl adjacent to an activating group) is 1. The maximum atomic E-state index is 2.67. The standard InChI is InChI=1S/C19H25N/c1-4-19-10-9-14-11-17(19)18(20(3)13(14)2)12-15-7-5-6-8-16(15)19/h5-10,13-14,17-18H,4,11-12H2,1-3H3. The third kappa shape index (κ3) is 1.42. The minimum absolute atomic E-state index is 0.296. The van der Waals surface area contributed by atoms with E-state index in [9.17, 15) is 0 Å². The van der Waals surface area contributed by atoms with E-state index in [2.05, 4.69) is 62.2 Å². The van der Waals surface area contributed by atoms with Gasteiger partial charge in [0.25, 0.3) is 0 Å². The van der Waals surface area contributed by atoms with Crippen LogP contribution in [-0.4, -0.2) is 24.0 Å². The fourth-order valence-electron chi connectivity index (χ4n) is 5.27. The normalized spacial score (nSPS) is 42.4. The zero-order chi connectivity index (χ0) is 13.9. The summed E-state index contributed by atoms with van der Waals surface area (Å²) in [5, 5.41) is 0. The molecule has 5 atom stereocenters. The molecule has 3 aliphatic rings. The highest BCUT2D eigenvalue weighted by Crippen LogP contribution is 2.54. The first-order chi connectivity index (χ1) is 9.67. The van der Waals surface area contributed by atoms with Crippen LogP contribution in [0, 0.1) is 11.8 Å². The number of nitrogens with zero attached hydrogens (tertiary/aromatic N) is 1. The molecule has 0 saturated carbocycles. The predicted octanol–water partition coefficient (Wildman–Crippen LogP) is 3.79. The number of hydrogen-bond donors (Lipinski definition) is 0. The molecule has 1 fully saturated rings. The van der Waals surface area contributed by atoms with E-state index in [0.717, 1.165) is 17.9 Å². The largest absolute Gasteiger partial charge is 0.300 e. The third-order valence-electron chi connectivity index (χ3n) is 6.61. The summed E-state index contributed by atoms with van der Waals surface area (Å²) in [4.78, 5) is 2.67. The lowest BCUT2D eigenvalue weighted by molar-refractivity contribution is -0.00173. The second-order valence-corrected chi connectivity index (χ2v) is 7.09. The summed E-state index contributed by atoms with van der Waals surface area (Å²) >= 11 is 0. The summed E-state index contributed by atoms with van der Waals surface area (Å²) in [6.07, 6.45) is 8.97. The summed E-state index contributed by atoms with van der Waals surface area (Å²) in [5.41, 5.74) is 3.49. The Kier molecular flexibility index (Phi) is 2.66. The Morgan fingerprint density at radius 3 is 2.90 bits per heavy atom. The Morgan fingerprint density at radius 2 is 2.10 bits per heavy atom. The van der Waals surface area contributed by atoms with E-state index < -0.39 is 0 Å². The topological polar surface area (TPSA) is 3.24 Å². The van der Waals surface area contributed by atoms with Crippen LogP contribution in [0.15, 0.2) is 36.4 Å². The van der Waals surface area contributed by atoms with Gasteiger partial charge in [0, 0.05) is 17.5 Å². The molecule has 0 radical (unpaired) electrons. The SMILES string of the molecule is CCC12C=CC3CC1C(Cc1ccccc12)N(C)C3C. The molecule has 1 saturated heterocycles. The fraction of sp³-hybridized carbons (Fsp3) is 0.579. The molecule has 1 aliphatic heterocycles. The van der Waals surface area contributed by atoms with E-state index in [1.165, 1.54) is 19.3 Å². The van der Waals surface area contributed by atoms with Crippen LogP contribution in [-0.2, 0) is 11.8 Å². The summed E-state index contributed by atoms with van der Waals surface area (Å²) in [5.74, 6) is 1.56. The summed E-state index contributed by atoms with van der Waals surface area (Å²) < 4.78 is 0. The van der Waals surface area contributed by atoms with Crippen molar-refractivity contribution < 1.29 is 0 Å². The Labute approximate surface area is 122 Å². The van der Waals surface area contributed by atoms with Crippen LogP contribution < -0.4 is 0 Å². The first-order valence-electron chi connectivity index (χ1n) is 8.17. The third-order valence-corrected chi connectivity index (χ3v) is 6.61. The number of allylic oxidation sites excluding steroid dienone is 1. The van der Waals surface area contributed by atoms with Crippen LogP contribution >= 0.6 is 0 Å². The Morgan fingerprint density at radius 1 is 1.30 bits per heavy atom. The van der Waals surface area contributed by atoms with Crippen molar-refractivity contribution in [3.8, 4) is 0 Å². The lowest BCUT2D eigenvalue weighted by Crippen LogP contribution is -2.61. The molecule has 1 aromatic rings. The molecular formula is C19H25N. The van der Waals surface area contributed by atoms with Gasteiger partial charge in [-0.15, -0.1) is 0 Å². The van der Waals surface area contributed by atoms with Gasteiger partial charge >= 0.3 is 0 Å². The van der Waals surface area contributed by atoms with E-state index >= 15 is 0 Å². The van der Waals surface area contributed by atoms with Gasteiger partial charge in [0.2, 0.25) is 0 Å². The molecule has 1 heterocycles. The van der Waals surface area contributed by atoms with E-state index in [1.807, 2.05) is 0 Å². The van der Waals surface area contributed by atoms with Gasteiger partial charge in [0.15, 0.2) is 0 Å². The zero-order valence-corrected chi connectivity index (χ0v) is 12.8. The first kappa shape index (κ1) is 12.6. The zero-order valence-electron chi connectivity index (χ0n) is 12.8. The van der Waals surface area contributed by atoms with Crippen LogP contribution in [0.1, 0.15) is 37.8 Å². The predicted molar refractivity (Wildman–Crippen MR) is 83.9 cm³/mol. The molecule has 1 aromatic carbocycles. The maximum absolute atomic E-state index is 2.67. The minimum atomic E-state index is 0.296. The van der Waals surface area contributed by atoms with Gasteiger partial charge in [0.1, 0.15) is 0 Å². The van der Waals surface area contributed by atoms with Crippen molar-refractivity contribution in [1.29, 1.82) is 0 Å². The number of hydrogen-bond acceptors (Lipinski definition) is 1. The fourth-order valence-corrected chi connectivity index (χ4v) is 5.27. The van der Waals surface area contributed by atoms with Crippen molar-refractivity contribution >= 4 is 0 Å². The van der Waals surface area contributed by atoms with E-state index in [1.54, 1.807) is 11.1 Å². The van der Waals surface area contributed by atoms with Gasteiger partial charge in [-0.05, 0) is 56.2 Å². The quantitative estimate of drug-likeness (QED) is 0.700. The van der Waals surface area contributed by atoms with Crippen molar-refractivity contribution in [2.45, 2.75) is 50.6 Å².